The summed E-state index contributed by atoms with van der Waals surface area (Å²) < 4.78 is 25.5. The van der Waals surface area contributed by atoms with E-state index in [4.69, 9.17) is 5.84 Å². The summed E-state index contributed by atoms with van der Waals surface area (Å²) in [6.45, 7) is 4.49. The van der Waals surface area contributed by atoms with Crippen LogP contribution >= 0.6 is 0 Å². The van der Waals surface area contributed by atoms with Crippen LogP contribution < -0.4 is 11.3 Å². The van der Waals surface area contributed by atoms with E-state index >= 15 is 0 Å². The molecule has 7 heteroatoms. The van der Waals surface area contributed by atoms with Crippen LogP contribution in [0.3, 0.4) is 0 Å². The second kappa shape index (κ2) is 6.13. The van der Waals surface area contributed by atoms with Crippen molar-refractivity contribution in [3.05, 3.63) is 30.1 Å². The zero-order chi connectivity index (χ0) is 15.6. The van der Waals surface area contributed by atoms with Gasteiger partial charge in [-0.2, -0.15) is 0 Å². The minimum atomic E-state index is -3.16. The van der Waals surface area contributed by atoms with Crippen molar-refractivity contribution < 1.29 is 8.42 Å². The maximum Gasteiger partial charge on any atom is 0.151 e. The molecule has 1 aromatic heterocycles. The van der Waals surface area contributed by atoms with Gasteiger partial charge in [0.1, 0.15) is 5.82 Å². The smallest absolute Gasteiger partial charge is 0.151 e. The molecule has 3 N–H and O–H groups in total. The highest BCUT2D eigenvalue weighted by atomic mass is 32.2. The largest absolute Gasteiger partial charge is 0.328 e. The number of nitrogens with two attached hydrogens (primary N) is 1. The Kier molecular flexibility index (Phi) is 4.65. The first-order chi connectivity index (χ1) is 9.88. The number of hydrazine groups is 1. The Morgan fingerprint density at radius 1 is 1.38 bits per heavy atom. The van der Waals surface area contributed by atoms with Gasteiger partial charge in [0.05, 0.1) is 16.3 Å². The molecule has 0 spiro atoms. The Morgan fingerprint density at radius 2 is 2.05 bits per heavy atom. The summed E-state index contributed by atoms with van der Waals surface area (Å²) in [7, 11) is -3.16. The van der Waals surface area contributed by atoms with E-state index in [-0.39, 0.29) is 6.04 Å². The van der Waals surface area contributed by atoms with E-state index in [2.05, 4.69) is 15.0 Å². The molecule has 0 bridgehead atoms. The Hall–Kier alpha value is -1.44. The number of nitrogens with zero attached hydrogens (tertiary/aromatic N) is 2. The van der Waals surface area contributed by atoms with Crippen molar-refractivity contribution in [2.24, 2.45) is 5.84 Å². The second-order valence-corrected chi connectivity index (χ2v) is 7.68. The highest BCUT2D eigenvalue weighted by Crippen LogP contribution is 2.18. The molecule has 116 valence electrons. The number of benzene rings is 1. The summed E-state index contributed by atoms with van der Waals surface area (Å²) in [5.74, 6) is 6.40. The molecule has 2 rings (SSSR count). The molecule has 0 fully saturated rings. The summed E-state index contributed by atoms with van der Waals surface area (Å²) in [5, 5.41) is -0.576. The number of fused-ring (bicyclic) bond motifs is 1. The predicted molar refractivity (Wildman–Crippen MR) is 84.5 cm³/mol. The quantitative estimate of drug-likeness (QED) is 0.610. The van der Waals surface area contributed by atoms with E-state index in [0.29, 0.717) is 6.42 Å². The van der Waals surface area contributed by atoms with E-state index in [0.717, 1.165) is 23.4 Å². The lowest BCUT2D eigenvalue weighted by Gasteiger charge is -2.21. The first kappa shape index (κ1) is 15.9. The summed E-state index contributed by atoms with van der Waals surface area (Å²) in [6, 6.07) is 7.51. The van der Waals surface area contributed by atoms with E-state index in [1.54, 1.807) is 6.92 Å². The van der Waals surface area contributed by atoms with Gasteiger partial charge in [0.15, 0.2) is 9.84 Å². The van der Waals surface area contributed by atoms with E-state index in [1.807, 2.05) is 31.2 Å². The Labute approximate surface area is 125 Å². The van der Waals surface area contributed by atoms with Crippen molar-refractivity contribution in [3.63, 3.8) is 0 Å². The number of para-hydroxylation sites is 2. The van der Waals surface area contributed by atoms with E-state index in [9.17, 15) is 8.42 Å². The first-order valence-corrected chi connectivity index (χ1v) is 8.93. The molecule has 1 aromatic carbocycles. The van der Waals surface area contributed by atoms with Gasteiger partial charge in [0.2, 0.25) is 0 Å². The van der Waals surface area contributed by atoms with Crippen molar-refractivity contribution in [3.8, 4) is 0 Å². The number of aromatic nitrogens is 2. The van der Waals surface area contributed by atoms with E-state index in [1.165, 1.54) is 6.26 Å². The van der Waals surface area contributed by atoms with Gasteiger partial charge in [-0.1, -0.05) is 12.1 Å². The van der Waals surface area contributed by atoms with Crippen molar-refractivity contribution in [2.45, 2.75) is 38.1 Å². The lowest BCUT2D eigenvalue weighted by molar-refractivity contribution is 0.479. The van der Waals surface area contributed by atoms with Crippen molar-refractivity contribution >= 4 is 20.9 Å². The second-order valence-electron chi connectivity index (χ2n) is 5.27. The molecule has 2 aromatic rings. The van der Waals surface area contributed by atoms with Crippen LogP contribution in [-0.2, 0) is 22.8 Å². The van der Waals surface area contributed by atoms with Crippen molar-refractivity contribution in [1.82, 2.24) is 15.0 Å². The molecule has 0 amide bonds. The van der Waals surface area contributed by atoms with E-state index < -0.39 is 15.1 Å². The normalized spacial score (nSPS) is 15.2. The number of nitrogens with one attached hydrogen (secondary N) is 1. The monoisotopic (exact) mass is 310 g/mol. The van der Waals surface area contributed by atoms with Crippen LogP contribution in [0.25, 0.3) is 11.0 Å². The minimum Gasteiger partial charge on any atom is -0.328 e. The fourth-order valence-corrected chi connectivity index (χ4v) is 3.26. The number of imidazole rings is 1. The molecule has 0 aliphatic heterocycles. The Balaban J connectivity index is 2.38. The van der Waals surface area contributed by atoms with Crippen LogP contribution in [0.2, 0.25) is 0 Å². The number of rotatable bonds is 6. The molecule has 21 heavy (non-hydrogen) atoms. The molecular weight excluding hydrogens is 288 g/mol. The van der Waals surface area contributed by atoms with Gasteiger partial charge in [-0.15, -0.1) is 0 Å². The third kappa shape index (κ3) is 3.25. The molecule has 2 unspecified atom stereocenters. The van der Waals surface area contributed by atoms with Gasteiger partial charge in [-0.3, -0.25) is 11.3 Å². The topological polar surface area (TPSA) is 90.0 Å². The average molecular weight is 310 g/mol. The number of hydrogen-bond donors (Lipinski definition) is 2. The van der Waals surface area contributed by atoms with Gasteiger partial charge in [0.25, 0.3) is 0 Å². The SMILES string of the molecule is CCn1c(CC(NN)C(C)S(C)(=O)=O)nc2ccccc21. The maximum absolute atomic E-state index is 11.7. The lowest BCUT2D eigenvalue weighted by Crippen LogP contribution is -2.47. The van der Waals surface area contributed by atoms with Crippen LogP contribution in [0, 0.1) is 0 Å². The minimum absolute atomic E-state index is 0.373. The predicted octanol–water partition coefficient (Wildman–Crippen LogP) is 0.864. The third-order valence-electron chi connectivity index (χ3n) is 3.91. The van der Waals surface area contributed by atoms with Crippen LogP contribution in [0.5, 0.6) is 0 Å². The average Bonchev–Trinajstić information content (AvgIpc) is 2.80. The van der Waals surface area contributed by atoms with Crippen LogP contribution in [0.4, 0.5) is 0 Å². The summed E-state index contributed by atoms with van der Waals surface area (Å²) >= 11 is 0. The Morgan fingerprint density at radius 3 is 2.62 bits per heavy atom. The Bertz CT molecular complexity index is 724. The zero-order valence-corrected chi connectivity index (χ0v) is 13.4. The summed E-state index contributed by atoms with van der Waals surface area (Å²) in [6.07, 6.45) is 1.69. The van der Waals surface area contributed by atoms with Gasteiger partial charge in [-0.05, 0) is 26.0 Å². The molecular formula is C14H22N4O2S. The van der Waals surface area contributed by atoms with Crippen molar-refractivity contribution in [2.75, 3.05) is 6.26 Å². The molecule has 0 aliphatic carbocycles. The highest BCUT2D eigenvalue weighted by molar-refractivity contribution is 7.91. The van der Waals surface area contributed by atoms with Crippen LogP contribution in [-0.4, -0.2) is 35.5 Å². The number of sulfone groups is 1. The van der Waals surface area contributed by atoms with Crippen LogP contribution in [0.15, 0.2) is 24.3 Å². The standard InChI is InChI=1S/C14H22N4O2S/c1-4-18-13-8-6-5-7-11(13)16-14(18)9-12(17-15)10(2)21(3,19)20/h5-8,10,12,17H,4,9,15H2,1-3H3. The molecule has 1 heterocycles. The molecule has 0 radical (unpaired) electrons. The van der Waals surface area contributed by atoms with Gasteiger partial charge in [-0.25, -0.2) is 13.4 Å². The van der Waals surface area contributed by atoms with Gasteiger partial charge in [0, 0.05) is 25.3 Å². The lowest BCUT2D eigenvalue weighted by atomic mass is 10.1. The molecule has 0 saturated heterocycles. The zero-order valence-electron chi connectivity index (χ0n) is 12.6. The molecule has 2 atom stereocenters. The molecule has 6 nitrogen and oxygen atoms in total. The molecule has 0 aliphatic rings. The van der Waals surface area contributed by atoms with Gasteiger partial charge >= 0.3 is 0 Å². The fraction of sp³-hybridized carbons (Fsp3) is 0.500. The fourth-order valence-electron chi connectivity index (χ4n) is 2.49. The van der Waals surface area contributed by atoms with Gasteiger partial charge < -0.3 is 4.57 Å². The maximum atomic E-state index is 11.7. The summed E-state index contributed by atoms with van der Waals surface area (Å²) in [5.41, 5.74) is 4.59. The number of hydrogen-bond acceptors (Lipinski definition) is 5. The van der Waals surface area contributed by atoms with Crippen LogP contribution in [0.1, 0.15) is 19.7 Å². The van der Waals surface area contributed by atoms with Crippen molar-refractivity contribution in [1.29, 1.82) is 0 Å². The number of aryl methyl sites for hydroxylation is 1. The highest BCUT2D eigenvalue weighted by Gasteiger charge is 2.27. The molecule has 0 saturated carbocycles. The first-order valence-electron chi connectivity index (χ1n) is 6.97. The third-order valence-corrected chi connectivity index (χ3v) is 5.59. The summed E-state index contributed by atoms with van der Waals surface area (Å²) in [4.78, 5) is 4.61.